The number of aromatic nitrogens is 4. The minimum absolute atomic E-state index is 0.0539. The standard InChI is InChI=1S/C27H21BrCl2N4O3/c1-14-23(26(36)33(31-14)20-9-5-3-7-18(20)29)25(17-13-16(28)11-12-22(17)35)24-15(2)32-34(27(24)37)21-10-6-4-8-19(21)30/h3-13,25,31-32,35H,1-2H3. The Hall–Kier alpha value is -3.46. The molecule has 10 heteroatoms. The van der Waals surface area contributed by atoms with Crippen molar-refractivity contribution in [1.29, 1.82) is 0 Å². The second-order valence-electron chi connectivity index (χ2n) is 8.62. The molecule has 0 atom stereocenters. The monoisotopic (exact) mass is 598 g/mol. The molecule has 0 spiro atoms. The largest absolute Gasteiger partial charge is 0.508 e. The smallest absolute Gasteiger partial charge is 0.275 e. The number of rotatable bonds is 5. The Morgan fingerprint density at radius 1 is 0.784 bits per heavy atom. The van der Waals surface area contributed by atoms with Crippen LogP contribution in [0.25, 0.3) is 11.4 Å². The van der Waals surface area contributed by atoms with E-state index >= 15 is 0 Å². The van der Waals surface area contributed by atoms with Crippen LogP contribution in [0.2, 0.25) is 10.0 Å². The first kappa shape index (κ1) is 25.2. The maximum Gasteiger partial charge on any atom is 0.275 e. The Balaban J connectivity index is 1.83. The van der Waals surface area contributed by atoms with E-state index in [1.165, 1.54) is 15.4 Å². The van der Waals surface area contributed by atoms with Gasteiger partial charge in [0.05, 0.1) is 38.5 Å². The summed E-state index contributed by atoms with van der Waals surface area (Å²) < 4.78 is 3.39. The molecule has 0 aliphatic carbocycles. The summed E-state index contributed by atoms with van der Waals surface area (Å²) in [6.45, 7) is 3.50. The van der Waals surface area contributed by atoms with Crippen molar-refractivity contribution in [3.8, 4) is 17.1 Å². The SMILES string of the molecule is Cc1[nH]n(-c2ccccc2Cl)c(=O)c1C(c1cc(Br)ccc1O)c1c(C)[nH]n(-c2ccccc2Cl)c1=O. The quantitative estimate of drug-likeness (QED) is 0.224. The molecule has 0 amide bonds. The Bertz CT molecular complexity index is 1660. The normalized spacial score (nSPS) is 11.4. The zero-order valence-corrected chi connectivity index (χ0v) is 22.8. The number of aromatic amines is 2. The molecular formula is C27H21BrCl2N4O3. The molecule has 0 radical (unpaired) electrons. The highest BCUT2D eigenvalue weighted by atomic mass is 79.9. The van der Waals surface area contributed by atoms with Crippen LogP contribution in [0.15, 0.2) is 80.8 Å². The first-order chi connectivity index (χ1) is 17.7. The molecule has 2 heterocycles. The Kier molecular flexibility index (Phi) is 6.66. The third-order valence-electron chi connectivity index (χ3n) is 6.30. The average molecular weight is 600 g/mol. The lowest BCUT2D eigenvalue weighted by Gasteiger charge is -2.17. The summed E-state index contributed by atoms with van der Waals surface area (Å²) in [5, 5.41) is 17.9. The molecule has 0 saturated carbocycles. The lowest BCUT2D eigenvalue weighted by Crippen LogP contribution is -2.25. The number of hydrogen-bond donors (Lipinski definition) is 3. The molecule has 0 saturated heterocycles. The second-order valence-corrected chi connectivity index (χ2v) is 10.4. The fourth-order valence-corrected chi connectivity index (χ4v) is 5.44. The van der Waals surface area contributed by atoms with E-state index in [1.54, 1.807) is 74.5 Å². The molecule has 0 fully saturated rings. The molecule has 37 heavy (non-hydrogen) atoms. The summed E-state index contributed by atoms with van der Waals surface area (Å²) >= 11 is 16.2. The van der Waals surface area contributed by atoms with Crippen molar-refractivity contribution in [1.82, 2.24) is 19.6 Å². The van der Waals surface area contributed by atoms with Crippen molar-refractivity contribution in [3.63, 3.8) is 0 Å². The number of H-pyrrole nitrogens is 2. The van der Waals surface area contributed by atoms with Gasteiger partial charge in [0.15, 0.2) is 0 Å². The lowest BCUT2D eigenvalue weighted by atomic mass is 9.85. The fourth-order valence-electron chi connectivity index (χ4n) is 4.62. The predicted octanol–water partition coefficient (Wildman–Crippen LogP) is 6.22. The highest BCUT2D eigenvalue weighted by molar-refractivity contribution is 9.10. The summed E-state index contributed by atoms with van der Waals surface area (Å²) in [6.07, 6.45) is 0. The third kappa shape index (κ3) is 4.35. The molecule has 7 nitrogen and oxygen atoms in total. The number of aryl methyl sites for hydroxylation is 2. The van der Waals surface area contributed by atoms with Crippen molar-refractivity contribution in [2.24, 2.45) is 0 Å². The molecule has 5 rings (SSSR count). The van der Waals surface area contributed by atoms with E-state index in [2.05, 4.69) is 26.1 Å². The number of phenols is 1. The van der Waals surface area contributed by atoms with Crippen molar-refractivity contribution < 1.29 is 5.11 Å². The van der Waals surface area contributed by atoms with Crippen molar-refractivity contribution in [3.05, 3.63) is 130 Å². The van der Waals surface area contributed by atoms with Gasteiger partial charge >= 0.3 is 0 Å². The summed E-state index contributed by atoms with van der Waals surface area (Å²) in [4.78, 5) is 27.8. The van der Waals surface area contributed by atoms with Gasteiger partial charge in [-0.1, -0.05) is 63.4 Å². The lowest BCUT2D eigenvalue weighted by molar-refractivity contribution is 0.467. The second kappa shape index (κ2) is 9.78. The first-order valence-electron chi connectivity index (χ1n) is 11.3. The molecule has 0 aliphatic rings. The zero-order valence-electron chi connectivity index (χ0n) is 19.7. The Morgan fingerprint density at radius 2 is 1.24 bits per heavy atom. The highest BCUT2D eigenvalue weighted by Gasteiger charge is 2.33. The van der Waals surface area contributed by atoms with Gasteiger partial charge in [0, 0.05) is 21.4 Å². The summed E-state index contributed by atoms with van der Waals surface area (Å²) in [5.41, 5.74) is 2.22. The number of nitrogens with zero attached hydrogens (tertiary/aromatic N) is 2. The van der Waals surface area contributed by atoms with Crippen LogP contribution in [0.3, 0.4) is 0 Å². The third-order valence-corrected chi connectivity index (χ3v) is 7.43. The van der Waals surface area contributed by atoms with Gasteiger partial charge in [-0.15, -0.1) is 0 Å². The maximum absolute atomic E-state index is 13.9. The van der Waals surface area contributed by atoms with Gasteiger partial charge in [-0.05, 0) is 56.3 Å². The van der Waals surface area contributed by atoms with Gasteiger partial charge in [-0.2, -0.15) is 0 Å². The van der Waals surface area contributed by atoms with E-state index in [0.717, 1.165) is 0 Å². The zero-order chi connectivity index (χ0) is 26.4. The first-order valence-corrected chi connectivity index (χ1v) is 12.8. The van der Waals surface area contributed by atoms with E-state index in [4.69, 9.17) is 23.2 Å². The molecular weight excluding hydrogens is 579 g/mol. The van der Waals surface area contributed by atoms with Crippen molar-refractivity contribution in [2.45, 2.75) is 19.8 Å². The number of phenolic OH excluding ortho intramolecular Hbond substituents is 1. The van der Waals surface area contributed by atoms with Crippen LogP contribution < -0.4 is 11.1 Å². The molecule has 0 bridgehead atoms. The molecule has 0 aliphatic heterocycles. The molecule has 3 aromatic carbocycles. The van der Waals surface area contributed by atoms with Gasteiger partial charge < -0.3 is 5.11 Å². The van der Waals surface area contributed by atoms with Crippen LogP contribution >= 0.6 is 39.1 Å². The van der Waals surface area contributed by atoms with Gasteiger partial charge in [-0.25, -0.2) is 9.36 Å². The molecule has 5 aromatic rings. The van der Waals surface area contributed by atoms with E-state index < -0.39 is 5.92 Å². The van der Waals surface area contributed by atoms with Gasteiger partial charge in [0.2, 0.25) is 0 Å². The van der Waals surface area contributed by atoms with E-state index in [0.29, 0.717) is 54.0 Å². The number of hydrogen-bond acceptors (Lipinski definition) is 3. The average Bonchev–Trinajstić information content (AvgIpc) is 3.32. The fraction of sp³-hybridized carbons (Fsp3) is 0.111. The minimum Gasteiger partial charge on any atom is -0.508 e. The van der Waals surface area contributed by atoms with E-state index in [-0.39, 0.29) is 16.9 Å². The highest BCUT2D eigenvalue weighted by Crippen LogP contribution is 2.38. The summed E-state index contributed by atoms with van der Waals surface area (Å²) in [5.74, 6) is -0.959. The Labute approximate surface area is 230 Å². The summed E-state index contributed by atoms with van der Waals surface area (Å²) in [7, 11) is 0. The van der Waals surface area contributed by atoms with Gasteiger partial charge in [0.1, 0.15) is 5.75 Å². The molecule has 3 N–H and O–H groups in total. The molecule has 0 unspecified atom stereocenters. The molecule has 2 aromatic heterocycles. The van der Waals surface area contributed by atoms with Crippen molar-refractivity contribution >= 4 is 39.1 Å². The van der Waals surface area contributed by atoms with E-state index in [1.807, 2.05) is 0 Å². The minimum atomic E-state index is -0.905. The van der Waals surface area contributed by atoms with Crippen LogP contribution in [0.5, 0.6) is 5.75 Å². The number of para-hydroxylation sites is 2. The van der Waals surface area contributed by atoms with Crippen LogP contribution in [0, 0.1) is 13.8 Å². The van der Waals surface area contributed by atoms with Crippen LogP contribution in [0.1, 0.15) is 34.0 Å². The Morgan fingerprint density at radius 3 is 1.70 bits per heavy atom. The number of nitrogens with one attached hydrogen (secondary N) is 2. The van der Waals surface area contributed by atoms with Crippen LogP contribution in [0.4, 0.5) is 0 Å². The predicted molar refractivity (Wildman–Crippen MR) is 149 cm³/mol. The maximum atomic E-state index is 13.9. The van der Waals surface area contributed by atoms with Crippen LogP contribution in [-0.4, -0.2) is 24.7 Å². The van der Waals surface area contributed by atoms with Crippen molar-refractivity contribution in [2.75, 3.05) is 0 Å². The summed E-state index contributed by atoms with van der Waals surface area (Å²) in [6, 6.07) is 18.8. The van der Waals surface area contributed by atoms with Crippen LogP contribution in [-0.2, 0) is 0 Å². The van der Waals surface area contributed by atoms with Gasteiger partial charge in [0.25, 0.3) is 11.1 Å². The van der Waals surface area contributed by atoms with Gasteiger partial charge in [-0.3, -0.25) is 19.8 Å². The molecule has 188 valence electrons. The number of aromatic hydroxyl groups is 1. The topological polar surface area (TPSA) is 95.8 Å². The number of benzene rings is 3. The van der Waals surface area contributed by atoms with E-state index in [9.17, 15) is 14.7 Å². The number of halogens is 3.